The molecular formula is C12H16N4. The molecule has 4 nitrogen and oxygen atoms in total. The van der Waals surface area contributed by atoms with Gasteiger partial charge in [-0.2, -0.15) is 0 Å². The maximum Gasteiger partial charge on any atom is 0.169 e. The predicted octanol–water partition coefficient (Wildman–Crippen LogP) is 2.03. The lowest BCUT2D eigenvalue weighted by Crippen LogP contribution is -2.05. The summed E-state index contributed by atoms with van der Waals surface area (Å²) in [5.74, 6) is 0.517. The molecule has 0 bridgehead atoms. The largest absolute Gasteiger partial charge is 0.381 e. The first-order chi connectivity index (χ1) is 7.65. The Kier molecular flexibility index (Phi) is 2.64. The molecule has 0 saturated heterocycles. The van der Waals surface area contributed by atoms with Crippen molar-refractivity contribution in [1.29, 1.82) is 0 Å². The summed E-state index contributed by atoms with van der Waals surface area (Å²) in [7, 11) is 0. The van der Waals surface area contributed by atoms with Crippen molar-refractivity contribution in [3.8, 4) is 5.69 Å². The average Bonchev–Trinajstić information content (AvgIpc) is 2.63. The highest BCUT2D eigenvalue weighted by atomic mass is 15.4. The molecule has 1 heterocycles. The van der Waals surface area contributed by atoms with Gasteiger partial charge in [-0.1, -0.05) is 24.3 Å². The highest BCUT2D eigenvalue weighted by Gasteiger charge is 2.11. The molecule has 4 heteroatoms. The second kappa shape index (κ2) is 3.96. The van der Waals surface area contributed by atoms with Crippen LogP contribution in [0.5, 0.6) is 0 Å². The topological polar surface area (TPSA) is 56.7 Å². The van der Waals surface area contributed by atoms with E-state index in [2.05, 4.69) is 37.1 Å². The number of nitrogen functional groups attached to an aromatic ring is 1. The number of anilines is 1. The van der Waals surface area contributed by atoms with Crippen molar-refractivity contribution in [3.05, 3.63) is 35.0 Å². The maximum atomic E-state index is 5.78. The van der Waals surface area contributed by atoms with Gasteiger partial charge in [0.25, 0.3) is 0 Å². The molecule has 84 valence electrons. The highest BCUT2D eigenvalue weighted by molar-refractivity contribution is 5.47. The van der Waals surface area contributed by atoms with Crippen molar-refractivity contribution in [2.24, 2.45) is 0 Å². The Labute approximate surface area is 95.1 Å². The lowest BCUT2D eigenvalue weighted by Gasteiger charge is -2.10. The SMILES string of the molecule is CCc1c(N)nnn1-c1cccc(C)c1C. The predicted molar refractivity (Wildman–Crippen MR) is 64.6 cm³/mol. The molecule has 0 unspecified atom stereocenters. The molecule has 0 amide bonds. The first-order valence-electron chi connectivity index (χ1n) is 5.41. The van der Waals surface area contributed by atoms with Crippen molar-refractivity contribution in [2.45, 2.75) is 27.2 Å². The van der Waals surface area contributed by atoms with Gasteiger partial charge in [0.1, 0.15) is 0 Å². The zero-order valence-electron chi connectivity index (χ0n) is 9.86. The van der Waals surface area contributed by atoms with Gasteiger partial charge in [0.2, 0.25) is 0 Å². The van der Waals surface area contributed by atoms with Crippen LogP contribution in [0, 0.1) is 13.8 Å². The van der Waals surface area contributed by atoms with Crippen LogP contribution >= 0.6 is 0 Å². The minimum absolute atomic E-state index is 0.517. The summed E-state index contributed by atoms with van der Waals surface area (Å²) in [5, 5.41) is 8.03. The maximum absolute atomic E-state index is 5.78. The first-order valence-corrected chi connectivity index (χ1v) is 5.41. The Morgan fingerprint density at radius 1 is 1.31 bits per heavy atom. The Morgan fingerprint density at radius 3 is 2.75 bits per heavy atom. The van der Waals surface area contributed by atoms with Crippen molar-refractivity contribution in [3.63, 3.8) is 0 Å². The molecule has 1 aromatic carbocycles. The number of rotatable bonds is 2. The van der Waals surface area contributed by atoms with Gasteiger partial charge in [0.05, 0.1) is 11.4 Å². The molecule has 0 aliphatic heterocycles. The van der Waals surface area contributed by atoms with E-state index >= 15 is 0 Å². The van der Waals surface area contributed by atoms with E-state index < -0.39 is 0 Å². The number of hydrogen-bond donors (Lipinski definition) is 1. The molecule has 16 heavy (non-hydrogen) atoms. The number of aryl methyl sites for hydroxylation is 1. The standard InChI is InChI=1S/C12H16N4/c1-4-10-12(13)14-15-16(10)11-7-5-6-8(2)9(11)3/h5-7H,4,13H2,1-3H3. The summed E-state index contributed by atoms with van der Waals surface area (Å²) in [6.45, 7) is 6.23. The average molecular weight is 216 g/mol. The smallest absolute Gasteiger partial charge is 0.169 e. The van der Waals surface area contributed by atoms with E-state index in [9.17, 15) is 0 Å². The van der Waals surface area contributed by atoms with Gasteiger partial charge >= 0.3 is 0 Å². The molecule has 0 atom stereocenters. The molecule has 0 spiro atoms. The van der Waals surface area contributed by atoms with Gasteiger partial charge in [0, 0.05) is 0 Å². The summed E-state index contributed by atoms with van der Waals surface area (Å²) >= 11 is 0. The van der Waals surface area contributed by atoms with Gasteiger partial charge < -0.3 is 5.73 Å². The fourth-order valence-electron chi connectivity index (χ4n) is 1.80. The fraction of sp³-hybridized carbons (Fsp3) is 0.333. The summed E-state index contributed by atoms with van der Waals surface area (Å²) in [5.41, 5.74) is 10.3. The van der Waals surface area contributed by atoms with Crippen LogP contribution in [0.15, 0.2) is 18.2 Å². The molecule has 0 aliphatic rings. The summed E-state index contributed by atoms with van der Waals surface area (Å²) < 4.78 is 1.83. The van der Waals surface area contributed by atoms with Gasteiger partial charge in [-0.15, -0.1) is 5.10 Å². The number of nitrogens with zero attached hydrogens (tertiary/aromatic N) is 3. The molecule has 2 N–H and O–H groups in total. The Hall–Kier alpha value is -1.84. The number of hydrogen-bond acceptors (Lipinski definition) is 3. The molecule has 1 aromatic heterocycles. The van der Waals surface area contributed by atoms with E-state index in [4.69, 9.17) is 5.73 Å². The van der Waals surface area contributed by atoms with Crippen LogP contribution in [0.2, 0.25) is 0 Å². The van der Waals surface area contributed by atoms with Crippen LogP contribution in [0.25, 0.3) is 5.69 Å². The number of nitrogens with two attached hydrogens (primary N) is 1. The zero-order chi connectivity index (χ0) is 11.7. The van der Waals surface area contributed by atoms with Crippen LogP contribution in [-0.4, -0.2) is 15.0 Å². The summed E-state index contributed by atoms with van der Waals surface area (Å²) in [4.78, 5) is 0. The first kappa shape index (κ1) is 10.7. The van der Waals surface area contributed by atoms with Crippen molar-refractivity contribution < 1.29 is 0 Å². The van der Waals surface area contributed by atoms with E-state index in [-0.39, 0.29) is 0 Å². The third kappa shape index (κ3) is 1.56. The van der Waals surface area contributed by atoms with Gasteiger partial charge in [-0.25, -0.2) is 4.68 Å². The van der Waals surface area contributed by atoms with Crippen molar-refractivity contribution >= 4 is 5.82 Å². The van der Waals surface area contributed by atoms with E-state index in [1.807, 2.05) is 16.8 Å². The lowest BCUT2D eigenvalue weighted by molar-refractivity contribution is 0.762. The lowest BCUT2D eigenvalue weighted by atomic mass is 10.1. The van der Waals surface area contributed by atoms with Crippen molar-refractivity contribution in [1.82, 2.24) is 15.0 Å². The quantitative estimate of drug-likeness (QED) is 0.835. The van der Waals surface area contributed by atoms with Crippen LogP contribution in [0.1, 0.15) is 23.7 Å². The Bertz CT molecular complexity index is 514. The number of benzene rings is 1. The van der Waals surface area contributed by atoms with Crippen LogP contribution in [0.4, 0.5) is 5.82 Å². The van der Waals surface area contributed by atoms with Crippen molar-refractivity contribution in [2.75, 3.05) is 5.73 Å². The molecule has 0 saturated carbocycles. The van der Waals surface area contributed by atoms with Gasteiger partial charge in [-0.3, -0.25) is 0 Å². The van der Waals surface area contributed by atoms with E-state index in [1.165, 1.54) is 11.1 Å². The molecule has 0 radical (unpaired) electrons. The second-order valence-corrected chi connectivity index (χ2v) is 3.91. The zero-order valence-corrected chi connectivity index (χ0v) is 9.86. The molecule has 0 fully saturated rings. The van der Waals surface area contributed by atoms with Crippen LogP contribution < -0.4 is 5.73 Å². The molecular weight excluding hydrogens is 200 g/mol. The minimum Gasteiger partial charge on any atom is -0.381 e. The number of aromatic nitrogens is 3. The minimum atomic E-state index is 0.517. The van der Waals surface area contributed by atoms with Gasteiger partial charge in [-0.05, 0) is 37.5 Å². The summed E-state index contributed by atoms with van der Waals surface area (Å²) in [6.07, 6.45) is 0.826. The van der Waals surface area contributed by atoms with Crippen LogP contribution in [0.3, 0.4) is 0 Å². The van der Waals surface area contributed by atoms with E-state index in [0.717, 1.165) is 17.8 Å². The van der Waals surface area contributed by atoms with Crippen LogP contribution in [-0.2, 0) is 6.42 Å². The Balaban J connectivity index is 2.63. The van der Waals surface area contributed by atoms with Gasteiger partial charge in [0.15, 0.2) is 5.82 Å². The highest BCUT2D eigenvalue weighted by Crippen LogP contribution is 2.20. The molecule has 0 aliphatic carbocycles. The Morgan fingerprint density at radius 2 is 2.06 bits per heavy atom. The normalized spacial score (nSPS) is 10.7. The fourth-order valence-corrected chi connectivity index (χ4v) is 1.80. The summed E-state index contributed by atoms with van der Waals surface area (Å²) in [6, 6.07) is 6.15. The molecule has 2 rings (SSSR count). The third-order valence-electron chi connectivity index (χ3n) is 2.93. The third-order valence-corrected chi connectivity index (χ3v) is 2.93. The molecule has 2 aromatic rings. The van der Waals surface area contributed by atoms with E-state index in [0.29, 0.717) is 5.82 Å². The van der Waals surface area contributed by atoms with E-state index in [1.54, 1.807) is 0 Å². The monoisotopic (exact) mass is 216 g/mol. The second-order valence-electron chi connectivity index (χ2n) is 3.91.